The standard InChI is InChI=1S/C10H22N2O2/c1-7(6-13)12-9(14)5-8(11)10(2,3)4/h7-8,13H,5-6,11H2,1-4H3,(H,12,14)/t7-,8?/m1/s1. The second-order valence-corrected chi connectivity index (χ2v) is 4.83. The van der Waals surface area contributed by atoms with Crippen molar-refractivity contribution >= 4 is 5.91 Å². The van der Waals surface area contributed by atoms with Crippen molar-refractivity contribution in [1.82, 2.24) is 5.32 Å². The van der Waals surface area contributed by atoms with Crippen LogP contribution in [0.5, 0.6) is 0 Å². The monoisotopic (exact) mass is 202 g/mol. The van der Waals surface area contributed by atoms with E-state index in [0.717, 1.165) is 0 Å². The van der Waals surface area contributed by atoms with Crippen molar-refractivity contribution in [3.8, 4) is 0 Å². The van der Waals surface area contributed by atoms with Gasteiger partial charge in [0.25, 0.3) is 0 Å². The zero-order valence-corrected chi connectivity index (χ0v) is 9.50. The minimum atomic E-state index is -0.199. The molecule has 0 aliphatic rings. The van der Waals surface area contributed by atoms with Crippen LogP contribution in [0.1, 0.15) is 34.1 Å². The number of nitrogens with two attached hydrogens (primary N) is 1. The van der Waals surface area contributed by atoms with Crippen LogP contribution in [-0.2, 0) is 4.79 Å². The molecule has 0 aliphatic carbocycles. The number of carbonyl (C=O) groups excluding carboxylic acids is 1. The number of hydrogen-bond donors (Lipinski definition) is 3. The maximum absolute atomic E-state index is 11.4. The molecule has 0 aliphatic heterocycles. The molecule has 0 heterocycles. The first-order valence-electron chi connectivity index (χ1n) is 4.93. The highest BCUT2D eigenvalue weighted by molar-refractivity contribution is 5.76. The lowest BCUT2D eigenvalue weighted by Crippen LogP contribution is -2.43. The van der Waals surface area contributed by atoms with Crippen molar-refractivity contribution in [1.29, 1.82) is 0 Å². The lowest BCUT2D eigenvalue weighted by atomic mass is 9.85. The van der Waals surface area contributed by atoms with Crippen molar-refractivity contribution in [2.45, 2.75) is 46.2 Å². The van der Waals surface area contributed by atoms with Crippen LogP contribution in [0.3, 0.4) is 0 Å². The Morgan fingerprint density at radius 1 is 1.50 bits per heavy atom. The van der Waals surface area contributed by atoms with Gasteiger partial charge in [0, 0.05) is 18.5 Å². The van der Waals surface area contributed by atoms with Gasteiger partial charge in [-0.05, 0) is 12.3 Å². The Labute approximate surface area is 85.9 Å². The fourth-order valence-corrected chi connectivity index (χ4v) is 0.885. The lowest BCUT2D eigenvalue weighted by molar-refractivity contribution is -0.122. The maximum atomic E-state index is 11.4. The van der Waals surface area contributed by atoms with Crippen molar-refractivity contribution in [3.05, 3.63) is 0 Å². The van der Waals surface area contributed by atoms with E-state index in [1.165, 1.54) is 0 Å². The number of hydrogen-bond acceptors (Lipinski definition) is 3. The van der Waals surface area contributed by atoms with Gasteiger partial charge in [0.15, 0.2) is 0 Å². The van der Waals surface area contributed by atoms with Crippen LogP contribution in [-0.4, -0.2) is 29.7 Å². The molecule has 0 spiro atoms. The number of rotatable bonds is 4. The molecule has 0 bridgehead atoms. The smallest absolute Gasteiger partial charge is 0.221 e. The second kappa shape index (κ2) is 5.32. The molecule has 0 radical (unpaired) electrons. The molecule has 14 heavy (non-hydrogen) atoms. The van der Waals surface area contributed by atoms with E-state index in [1.54, 1.807) is 6.92 Å². The molecule has 4 heteroatoms. The molecule has 2 atom stereocenters. The lowest BCUT2D eigenvalue weighted by Gasteiger charge is -2.26. The Hall–Kier alpha value is -0.610. The summed E-state index contributed by atoms with van der Waals surface area (Å²) in [6.07, 6.45) is 0.299. The predicted octanol–water partition coefficient (Wildman–Crippen LogP) is 0.247. The molecule has 0 aromatic rings. The van der Waals surface area contributed by atoms with Gasteiger partial charge in [0.2, 0.25) is 5.91 Å². The maximum Gasteiger partial charge on any atom is 0.221 e. The molecule has 4 N–H and O–H groups in total. The fraction of sp³-hybridized carbons (Fsp3) is 0.900. The van der Waals surface area contributed by atoms with Gasteiger partial charge < -0.3 is 16.2 Å². The largest absolute Gasteiger partial charge is 0.394 e. The highest BCUT2D eigenvalue weighted by Crippen LogP contribution is 2.19. The third kappa shape index (κ3) is 5.19. The third-order valence-electron chi connectivity index (χ3n) is 2.20. The zero-order valence-electron chi connectivity index (χ0n) is 9.50. The van der Waals surface area contributed by atoms with Crippen molar-refractivity contribution in [2.24, 2.45) is 11.1 Å². The Balaban J connectivity index is 3.95. The molecule has 0 saturated carbocycles. The molecule has 0 rings (SSSR count). The molecule has 4 nitrogen and oxygen atoms in total. The topological polar surface area (TPSA) is 75.3 Å². The molecule has 0 fully saturated rings. The van der Waals surface area contributed by atoms with E-state index < -0.39 is 0 Å². The molecular formula is C10H22N2O2. The number of aliphatic hydroxyl groups is 1. The summed E-state index contributed by atoms with van der Waals surface area (Å²) in [6.45, 7) is 7.71. The molecule has 0 aromatic carbocycles. The van der Waals surface area contributed by atoms with Crippen LogP contribution in [0.25, 0.3) is 0 Å². The normalized spacial score (nSPS) is 16.1. The highest BCUT2D eigenvalue weighted by atomic mass is 16.3. The average Bonchev–Trinajstić information content (AvgIpc) is 2.02. The number of carbonyl (C=O) groups is 1. The van der Waals surface area contributed by atoms with E-state index in [0.29, 0.717) is 6.42 Å². The quantitative estimate of drug-likeness (QED) is 0.611. The Morgan fingerprint density at radius 2 is 2.00 bits per heavy atom. The van der Waals surface area contributed by atoms with Crippen LogP contribution < -0.4 is 11.1 Å². The first kappa shape index (κ1) is 13.4. The van der Waals surface area contributed by atoms with Gasteiger partial charge >= 0.3 is 0 Å². The summed E-state index contributed by atoms with van der Waals surface area (Å²) < 4.78 is 0. The van der Waals surface area contributed by atoms with Gasteiger partial charge in [-0.2, -0.15) is 0 Å². The molecule has 1 unspecified atom stereocenters. The third-order valence-corrected chi connectivity index (χ3v) is 2.20. The van der Waals surface area contributed by atoms with Gasteiger partial charge in [-0.15, -0.1) is 0 Å². The highest BCUT2D eigenvalue weighted by Gasteiger charge is 2.23. The summed E-state index contributed by atoms with van der Waals surface area (Å²) in [5.41, 5.74) is 5.78. The van der Waals surface area contributed by atoms with E-state index in [4.69, 9.17) is 10.8 Å². The molecule has 0 aromatic heterocycles. The second-order valence-electron chi connectivity index (χ2n) is 4.83. The van der Waals surface area contributed by atoms with Gasteiger partial charge in [-0.1, -0.05) is 20.8 Å². The molecule has 84 valence electrons. The summed E-state index contributed by atoms with van der Waals surface area (Å²) in [5, 5.41) is 11.4. The molecule has 1 amide bonds. The van der Waals surface area contributed by atoms with Crippen LogP contribution in [0, 0.1) is 5.41 Å². The van der Waals surface area contributed by atoms with Crippen LogP contribution in [0.15, 0.2) is 0 Å². The number of aliphatic hydroxyl groups excluding tert-OH is 1. The summed E-state index contributed by atoms with van der Waals surface area (Å²) >= 11 is 0. The Bertz CT molecular complexity index is 187. The van der Waals surface area contributed by atoms with Gasteiger partial charge in [0.05, 0.1) is 6.61 Å². The summed E-state index contributed by atoms with van der Waals surface area (Å²) in [6, 6.07) is -0.358. The molecular weight excluding hydrogens is 180 g/mol. The van der Waals surface area contributed by atoms with Gasteiger partial charge in [0.1, 0.15) is 0 Å². The number of nitrogens with one attached hydrogen (secondary N) is 1. The van der Waals surface area contributed by atoms with E-state index in [1.807, 2.05) is 20.8 Å². The molecule has 0 saturated heterocycles. The Kier molecular flexibility index (Phi) is 5.08. The van der Waals surface area contributed by atoms with Crippen molar-refractivity contribution in [2.75, 3.05) is 6.61 Å². The van der Waals surface area contributed by atoms with E-state index in [2.05, 4.69) is 5.32 Å². The van der Waals surface area contributed by atoms with Crippen LogP contribution in [0.4, 0.5) is 0 Å². The van der Waals surface area contributed by atoms with E-state index in [9.17, 15) is 4.79 Å². The average molecular weight is 202 g/mol. The predicted molar refractivity (Wildman–Crippen MR) is 56.7 cm³/mol. The minimum Gasteiger partial charge on any atom is -0.394 e. The van der Waals surface area contributed by atoms with Gasteiger partial charge in [-0.25, -0.2) is 0 Å². The van der Waals surface area contributed by atoms with E-state index >= 15 is 0 Å². The summed E-state index contributed by atoms with van der Waals surface area (Å²) in [7, 11) is 0. The number of amides is 1. The van der Waals surface area contributed by atoms with Crippen molar-refractivity contribution < 1.29 is 9.90 Å². The summed E-state index contributed by atoms with van der Waals surface area (Å²) in [4.78, 5) is 11.4. The van der Waals surface area contributed by atoms with Crippen LogP contribution >= 0.6 is 0 Å². The SMILES string of the molecule is C[C@H](CO)NC(=O)CC(N)C(C)(C)C. The van der Waals surface area contributed by atoms with Crippen molar-refractivity contribution in [3.63, 3.8) is 0 Å². The first-order valence-corrected chi connectivity index (χ1v) is 4.93. The first-order chi connectivity index (χ1) is 6.27. The van der Waals surface area contributed by atoms with E-state index in [-0.39, 0.29) is 30.0 Å². The zero-order chi connectivity index (χ0) is 11.4. The Morgan fingerprint density at radius 3 is 2.36 bits per heavy atom. The summed E-state index contributed by atoms with van der Waals surface area (Å²) in [5.74, 6) is -0.103. The van der Waals surface area contributed by atoms with Gasteiger partial charge in [-0.3, -0.25) is 4.79 Å². The minimum absolute atomic E-state index is 0.0451. The fourth-order valence-electron chi connectivity index (χ4n) is 0.885. The van der Waals surface area contributed by atoms with Crippen LogP contribution in [0.2, 0.25) is 0 Å².